The molecule has 2 aliphatic rings. The third-order valence-corrected chi connectivity index (χ3v) is 4.64. The Morgan fingerprint density at radius 1 is 1.05 bits per heavy atom. The zero-order chi connectivity index (χ0) is 14.1. The molecule has 0 amide bonds. The molecule has 1 N–H and O–H groups in total. The number of benzene rings is 2. The maximum Gasteiger partial charge on any atom is 0.122 e. The van der Waals surface area contributed by atoms with E-state index in [0.29, 0.717) is 5.92 Å². The number of para-hydroxylation sites is 1. The summed E-state index contributed by atoms with van der Waals surface area (Å²) in [4.78, 5) is 0. The minimum Gasteiger partial charge on any atom is -0.493 e. The van der Waals surface area contributed by atoms with Crippen LogP contribution in [0.5, 0.6) is 5.75 Å². The number of nitrogens with one attached hydrogen (secondary N) is 1. The SMILES string of the molecule is c1ccc2c(c1)C[C@H](Cc1ccc3c(c1)CNCC3)CO2. The van der Waals surface area contributed by atoms with Gasteiger partial charge in [-0.2, -0.15) is 0 Å². The summed E-state index contributed by atoms with van der Waals surface area (Å²) in [6.07, 6.45) is 3.41. The summed E-state index contributed by atoms with van der Waals surface area (Å²) in [5.41, 5.74) is 5.80. The van der Waals surface area contributed by atoms with E-state index in [0.717, 1.165) is 44.7 Å². The lowest BCUT2D eigenvalue weighted by Crippen LogP contribution is -2.25. The van der Waals surface area contributed by atoms with E-state index in [2.05, 4.69) is 47.8 Å². The van der Waals surface area contributed by atoms with Crippen molar-refractivity contribution in [1.82, 2.24) is 5.32 Å². The fraction of sp³-hybridized carbons (Fsp3) is 0.368. The molecule has 0 saturated heterocycles. The molecule has 0 fully saturated rings. The van der Waals surface area contributed by atoms with Crippen LogP contribution in [0.4, 0.5) is 0 Å². The van der Waals surface area contributed by atoms with Crippen LogP contribution in [0.3, 0.4) is 0 Å². The van der Waals surface area contributed by atoms with Crippen LogP contribution in [0.25, 0.3) is 0 Å². The molecule has 0 aliphatic carbocycles. The summed E-state index contributed by atoms with van der Waals surface area (Å²) in [7, 11) is 0. The second kappa shape index (κ2) is 5.53. The molecule has 1 atom stereocenters. The lowest BCUT2D eigenvalue weighted by molar-refractivity contribution is 0.221. The molecule has 0 bridgehead atoms. The topological polar surface area (TPSA) is 21.3 Å². The summed E-state index contributed by atoms with van der Waals surface area (Å²) in [5, 5.41) is 3.46. The summed E-state index contributed by atoms with van der Waals surface area (Å²) in [6, 6.07) is 15.5. The maximum atomic E-state index is 5.91. The number of fused-ring (bicyclic) bond motifs is 2. The lowest BCUT2D eigenvalue weighted by Gasteiger charge is -2.26. The fourth-order valence-corrected chi connectivity index (χ4v) is 3.52. The Kier molecular flexibility index (Phi) is 3.40. The van der Waals surface area contributed by atoms with Crippen molar-refractivity contribution in [2.45, 2.75) is 25.8 Å². The first kappa shape index (κ1) is 12.9. The van der Waals surface area contributed by atoms with Gasteiger partial charge in [-0.3, -0.25) is 0 Å². The average molecular weight is 279 g/mol. The van der Waals surface area contributed by atoms with E-state index in [1.54, 1.807) is 0 Å². The summed E-state index contributed by atoms with van der Waals surface area (Å²) >= 11 is 0. The van der Waals surface area contributed by atoms with Gasteiger partial charge in [0.05, 0.1) is 6.61 Å². The maximum absolute atomic E-state index is 5.91. The Morgan fingerprint density at radius 2 is 2.00 bits per heavy atom. The molecule has 2 heterocycles. The van der Waals surface area contributed by atoms with Crippen LogP contribution in [-0.2, 0) is 25.8 Å². The van der Waals surface area contributed by atoms with E-state index in [4.69, 9.17) is 4.74 Å². The Bertz CT molecular complexity index is 650. The van der Waals surface area contributed by atoms with Gasteiger partial charge in [-0.1, -0.05) is 36.4 Å². The van der Waals surface area contributed by atoms with Gasteiger partial charge in [0.25, 0.3) is 0 Å². The molecular weight excluding hydrogens is 258 g/mol. The number of hydrogen-bond donors (Lipinski definition) is 1. The predicted molar refractivity (Wildman–Crippen MR) is 84.7 cm³/mol. The zero-order valence-electron chi connectivity index (χ0n) is 12.3. The Labute approximate surface area is 126 Å². The summed E-state index contributed by atoms with van der Waals surface area (Å²) in [5.74, 6) is 1.66. The normalized spacial score (nSPS) is 20.3. The summed E-state index contributed by atoms with van der Waals surface area (Å²) < 4.78 is 5.91. The number of ether oxygens (including phenoxy) is 1. The molecule has 0 unspecified atom stereocenters. The quantitative estimate of drug-likeness (QED) is 0.912. The predicted octanol–water partition coefficient (Wildman–Crippen LogP) is 3.13. The van der Waals surface area contributed by atoms with Crippen molar-refractivity contribution in [3.05, 3.63) is 64.7 Å². The minimum absolute atomic E-state index is 0.592. The van der Waals surface area contributed by atoms with Crippen LogP contribution >= 0.6 is 0 Å². The molecule has 0 saturated carbocycles. The van der Waals surface area contributed by atoms with Gasteiger partial charge in [0.2, 0.25) is 0 Å². The van der Waals surface area contributed by atoms with Crippen molar-refractivity contribution in [2.24, 2.45) is 5.92 Å². The number of rotatable bonds is 2. The highest BCUT2D eigenvalue weighted by atomic mass is 16.5. The molecule has 108 valence electrons. The molecule has 0 spiro atoms. The lowest BCUT2D eigenvalue weighted by atomic mass is 9.89. The molecule has 4 rings (SSSR count). The van der Waals surface area contributed by atoms with Crippen LogP contribution in [0.15, 0.2) is 42.5 Å². The smallest absolute Gasteiger partial charge is 0.122 e. The van der Waals surface area contributed by atoms with Crippen molar-refractivity contribution >= 4 is 0 Å². The van der Waals surface area contributed by atoms with Crippen LogP contribution in [0.2, 0.25) is 0 Å². The third-order valence-electron chi connectivity index (χ3n) is 4.64. The first-order chi connectivity index (χ1) is 10.4. The van der Waals surface area contributed by atoms with Crippen molar-refractivity contribution in [2.75, 3.05) is 13.2 Å². The molecule has 0 radical (unpaired) electrons. The first-order valence-electron chi connectivity index (χ1n) is 7.90. The van der Waals surface area contributed by atoms with Crippen molar-refractivity contribution in [3.63, 3.8) is 0 Å². The van der Waals surface area contributed by atoms with E-state index < -0.39 is 0 Å². The van der Waals surface area contributed by atoms with Crippen LogP contribution in [0, 0.1) is 5.92 Å². The van der Waals surface area contributed by atoms with Crippen molar-refractivity contribution in [3.8, 4) is 5.75 Å². The standard InChI is InChI=1S/C19H21NO/c1-2-4-19-17(3-1)11-15(13-21-19)9-14-5-6-16-7-8-20-12-18(16)10-14/h1-6,10,15,20H,7-9,11-13H2/t15-/m0/s1. The van der Waals surface area contributed by atoms with E-state index >= 15 is 0 Å². The zero-order valence-corrected chi connectivity index (χ0v) is 12.3. The first-order valence-corrected chi connectivity index (χ1v) is 7.90. The van der Waals surface area contributed by atoms with E-state index in [1.165, 1.54) is 22.3 Å². The van der Waals surface area contributed by atoms with Gasteiger partial charge < -0.3 is 10.1 Å². The Morgan fingerprint density at radius 3 is 3.00 bits per heavy atom. The van der Waals surface area contributed by atoms with Crippen LogP contribution in [-0.4, -0.2) is 13.2 Å². The van der Waals surface area contributed by atoms with Gasteiger partial charge in [-0.25, -0.2) is 0 Å². The number of hydrogen-bond acceptors (Lipinski definition) is 2. The summed E-state index contributed by atoms with van der Waals surface area (Å²) in [6.45, 7) is 2.97. The highest BCUT2D eigenvalue weighted by Crippen LogP contribution is 2.29. The van der Waals surface area contributed by atoms with Gasteiger partial charge >= 0.3 is 0 Å². The van der Waals surface area contributed by atoms with Crippen LogP contribution in [0.1, 0.15) is 22.3 Å². The van der Waals surface area contributed by atoms with E-state index in [1.807, 2.05) is 0 Å². The molecule has 21 heavy (non-hydrogen) atoms. The monoisotopic (exact) mass is 279 g/mol. The fourth-order valence-electron chi connectivity index (χ4n) is 3.52. The van der Waals surface area contributed by atoms with Gasteiger partial charge in [0.15, 0.2) is 0 Å². The Balaban J connectivity index is 1.50. The van der Waals surface area contributed by atoms with E-state index in [9.17, 15) is 0 Å². The van der Waals surface area contributed by atoms with Crippen molar-refractivity contribution in [1.29, 1.82) is 0 Å². The van der Waals surface area contributed by atoms with Gasteiger partial charge in [-0.05, 0) is 54.1 Å². The van der Waals surface area contributed by atoms with Crippen LogP contribution < -0.4 is 10.1 Å². The van der Waals surface area contributed by atoms with Gasteiger partial charge in [0.1, 0.15) is 5.75 Å². The van der Waals surface area contributed by atoms with E-state index in [-0.39, 0.29) is 0 Å². The largest absolute Gasteiger partial charge is 0.493 e. The molecule has 2 aromatic carbocycles. The molecular formula is C19H21NO. The van der Waals surface area contributed by atoms with Crippen molar-refractivity contribution < 1.29 is 4.74 Å². The average Bonchev–Trinajstić information content (AvgIpc) is 2.55. The highest BCUT2D eigenvalue weighted by Gasteiger charge is 2.20. The van der Waals surface area contributed by atoms with Gasteiger partial charge in [-0.15, -0.1) is 0 Å². The minimum atomic E-state index is 0.592. The Hall–Kier alpha value is -1.80. The molecule has 2 heteroatoms. The second-order valence-electron chi connectivity index (χ2n) is 6.22. The molecule has 0 aromatic heterocycles. The third kappa shape index (κ3) is 2.68. The highest BCUT2D eigenvalue weighted by molar-refractivity contribution is 5.37. The molecule has 2 nitrogen and oxygen atoms in total. The molecule has 2 aromatic rings. The second-order valence-corrected chi connectivity index (χ2v) is 6.22. The molecule has 2 aliphatic heterocycles. The van der Waals surface area contributed by atoms with Gasteiger partial charge in [0, 0.05) is 12.5 Å².